The van der Waals surface area contributed by atoms with E-state index < -0.39 is 0 Å². The van der Waals surface area contributed by atoms with Gasteiger partial charge in [-0.2, -0.15) is 35.0 Å². The topological polar surface area (TPSA) is 0 Å². The first-order valence-electron chi connectivity index (χ1n) is 8.20. The molecule has 135 valence electrons. The van der Waals surface area contributed by atoms with Gasteiger partial charge in [0.1, 0.15) is 0 Å². The van der Waals surface area contributed by atoms with Gasteiger partial charge in [0.05, 0.1) is 0 Å². The summed E-state index contributed by atoms with van der Waals surface area (Å²) in [5, 5.41) is 5.32. The van der Waals surface area contributed by atoms with Crippen molar-refractivity contribution < 1.29 is 51.0 Å². The van der Waals surface area contributed by atoms with Gasteiger partial charge in [-0.1, -0.05) is 38.9 Å². The Labute approximate surface area is 193 Å². The first kappa shape index (κ1) is 30.1. The molecule has 0 nitrogen and oxygen atoms in total. The molecule has 0 spiro atoms. The first-order chi connectivity index (χ1) is 11.3. The molecule has 0 aliphatic heterocycles. The van der Waals surface area contributed by atoms with Crippen LogP contribution in [0, 0.1) is 0 Å². The SMILES string of the molecule is CC.CC[Si].[Cl-].[Cl-].[Zr+4].c1ccc2[cH-]ccc2c1.c1ccc2[cH-]ccc2c1. The molecule has 3 radical (unpaired) electrons. The molecule has 0 aromatic heterocycles. The third-order valence-electron chi connectivity index (χ3n) is 3.10. The monoisotopic (exact) mass is 477 g/mol. The second-order valence-corrected chi connectivity index (χ2v) is 5.37. The minimum absolute atomic E-state index is 0. The average Bonchev–Trinajstić information content (AvgIpc) is 3.27. The molecule has 0 saturated carbocycles. The van der Waals surface area contributed by atoms with Crippen LogP contribution in [-0.4, -0.2) is 10.2 Å². The van der Waals surface area contributed by atoms with Gasteiger partial charge in [0.15, 0.2) is 0 Å². The molecule has 0 unspecified atom stereocenters. The second-order valence-electron chi connectivity index (χ2n) is 4.66. The largest absolute Gasteiger partial charge is 4.00 e. The van der Waals surface area contributed by atoms with E-state index in [4.69, 9.17) is 0 Å². The van der Waals surface area contributed by atoms with Crippen LogP contribution in [0.25, 0.3) is 21.5 Å². The quantitative estimate of drug-likeness (QED) is 0.258. The minimum Gasteiger partial charge on any atom is -1.00 e. The Balaban J connectivity index is -0.000000300. The van der Waals surface area contributed by atoms with Gasteiger partial charge in [0, 0.05) is 10.2 Å². The van der Waals surface area contributed by atoms with Gasteiger partial charge in [-0.25, -0.2) is 0 Å². The van der Waals surface area contributed by atoms with Gasteiger partial charge in [0.25, 0.3) is 0 Å². The van der Waals surface area contributed by atoms with Gasteiger partial charge in [0.2, 0.25) is 0 Å². The Morgan fingerprint density at radius 2 is 1.00 bits per heavy atom. The van der Waals surface area contributed by atoms with Crippen LogP contribution in [0.3, 0.4) is 0 Å². The third kappa shape index (κ3) is 10.5. The number of hydrogen-bond donors (Lipinski definition) is 0. The fourth-order valence-electron chi connectivity index (χ4n) is 2.14. The molecule has 0 heterocycles. The zero-order chi connectivity index (χ0) is 16.9. The molecule has 0 bridgehead atoms. The summed E-state index contributed by atoms with van der Waals surface area (Å²) >= 11 is 0. The van der Waals surface area contributed by atoms with Crippen molar-refractivity contribution in [3.05, 3.63) is 84.9 Å². The summed E-state index contributed by atoms with van der Waals surface area (Å²) in [6, 6.07) is 30.4. The van der Waals surface area contributed by atoms with Gasteiger partial charge >= 0.3 is 26.2 Å². The second kappa shape index (κ2) is 19.1. The Morgan fingerprint density at radius 3 is 1.31 bits per heavy atom. The van der Waals surface area contributed by atoms with E-state index >= 15 is 0 Å². The molecule has 0 atom stereocenters. The van der Waals surface area contributed by atoms with Crippen LogP contribution in [0.2, 0.25) is 6.04 Å². The Bertz CT molecular complexity index is 651. The maximum Gasteiger partial charge on any atom is 4.00 e. The van der Waals surface area contributed by atoms with Crippen molar-refractivity contribution in [1.82, 2.24) is 0 Å². The normalized spacial score (nSPS) is 8.00. The number of fused-ring (bicyclic) bond motifs is 2. The molecule has 0 fully saturated rings. The molecule has 4 aromatic carbocycles. The Kier molecular flexibility index (Phi) is 22.1. The van der Waals surface area contributed by atoms with Crippen LogP contribution in [0.4, 0.5) is 0 Å². The van der Waals surface area contributed by atoms with Crippen molar-refractivity contribution in [1.29, 1.82) is 0 Å². The van der Waals surface area contributed by atoms with Gasteiger partial charge in [-0.05, 0) is 0 Å². The number of benzene rings is 2. The smallest absolute Gasteiger partial charge is 1.00 e. The summed E-state index contributed by atoms with van der Waals surface area (Å²) in [4.78, 5) is 0. The van der Waals surface area contributed by atoms with E-state index in [1.807, 2.05) is 20.8 Å². The zero-order valence-corrected chi connectivity index (χ0v) is 20.5. The molecule has 0 amide bonds. The van der Waals surface area contributed by atoms with Crippen LogP contribution in [-0.2, 0) is 26.2 Å². The van der Waals surface area contributed by atoms with E-state index in [2.05, 4.69) is 95.2 Å². The van der Waals surface area contributed by atoms with Gasteiger partial charge < -0.3 is 24.8 Å². The maximum atomic E-state index is 3.18. The molecule has 26 heavy (non-hydrogen) atoms. The van der Waals surface area contributed by atoms with E-state index in [1.165, 1.54) is 21.5 Å². The molecule has 4 rings (SSSR count). The van der Waals surface area contributed by atoms with Crippen LogP contribution in [0.1, 0.15) is 20.8 Å². The predicted octanol–water partition coefficient (Wildman–Crippen LogP) is 0.742. The van der Waals surface area contributed by atoms with Crippen molar-refractivity contribution in [2.45, 2.75) is 26.8 Å². The van der Waals surface area contributed by atoms with Crippen molar-refractivity contribution in [3.8, 4) is 0 Å². The predicted molar refractivity (Wildman–Crippen MR) is 107 cm³/mol. The van der Waals surface area contributed by atoms with Crippen LogP contribution in [0.5, 0.6) is 0 Å². The fraction of sp³-hybridized carbons (Fsp3) is 0.182. The molecule has 0 aliphatic rings. The molecule has 0 N–H and O–H groups in total. The van der Waals surface area contributed by atoms with Crippen molar-refractivity contribution in [2.75, 3.05) is 0 Å². The molecule has 0 saturated heterocycles. The summed E-state index contributed by atoms with van der Waals surface area (Å²) in [7, 11) is 3.18. The summed E-state index contributed by atoms with van der Waals surface area (Å²) < 4.78 is 0. The molecular formula is C22H25Cl2SiZr. The Morgan fingerprint density at radius 1 is 0.692 bits per heavy atom. The summed E-state index contributed by atoms with van der Waals surface area (Å²) in [6.45, 7) is 6.04. The third-order valence-corrected chi connectivity index (χ3v) is 3.10. The summed E-state index contributed by atoms with van der Waals surface area (Å²) in [5.74, 6) is 0. The summed E-state index contributed by atoms with van der Waals surface area (Å²) in [5.41, 5.74) is 0. The number of hydrogen-bond acceptors (Lipinski definition) is 0. The van der Waals surface area contributed by atoms with Crippen LogP contribution >= 0.6 is 0 Å². The van der Waals surface area contributed by atoms with Crippen molar-refractivity contribution >= 4 is 31.8 Å². The number of halogens is 2. The zero-order valence-electron chi connectivity index (χ0n) is 15.5. The first-order valence-corrected chi connectivity index (χ1v) is 8.91. The molecular weight excluding hydrogens is 454 g/mol. The number of rotatable bonds is 0. The van der Waals surface area contributed by atoms with Crippen LogP contribution in [0.15, 0.2) is 84.9 Å². The van der Waals surface area contributed by atoms with E-state index in [9.17, 15) is 0 Å². The standard InChI is InChI=1S/2C9H7.C2H5Si.C2H6.2ClH.Zr/c2*1-2-5-9-7-3-6-8(9)4-1;1-2-3;1-2;;;/h2*1-7H;2H2,1H3;1-2H3;2*1H;/q2*-1;;;;;+4/p-2. The van der Waals surface area contributed by atoms with Crippen LogP contribution < -0.4 is 24.8 Å². The average molecular weight is 480 g/mol. The molecule has 0 aliphatic carbocycles. The van der Waals surface area contributed by atoms with E-state index in [0.717, 1.165) is 6.04 Å². The van der Waals surface area contributed by atoms with Gasteiger partial charge in [-0.3, -0.25) is 0 Å². The molecule has 4 heteroatoms. The Hall–Kier alpha value is -0.660. The fourth-order valence-corrected chi connectivity index (χ4v) is 2.14. The van der Waals surface area contributed by atoms with E-state index in [1.54, 1.807) is 0 Å². The van der Waals surface area contributed by atoms with E-state index in [0.29, 0.717) is 0 Å². The van der Waals surface area contributed by atoms with E-state index in [-0.39, 0.29) is 51.0 Å². The summed E-state index contributed by atoms with van der Waals surface area (Å²) in [6.07, 6.45) is 0. The molecule has 4 aromatic rings. The maximum absolute atomic E-state index is 3.18. The minimum atomic E-state index is 0. The van der Waals surface area contributed by atoms with Crippen molar-refractivity contribution in [2.24, 2.45) is 0 Å². The van der Waals surface area contributed by atoms with Crippen molar-refractivity contribution in [3.63, 3.8) is 0 Å². The van der Waals surface area contributed by atoms with Gasteiger partial charge in [-0.15, -0.1) is 59.3 Å².